The Hall–Kier alpha value is -0.800. The van der Waals surface area contributed by atoms with Crippen molar-refractivity contribution in [1.82, 2.24) is 10.3 Å². The van der Waals surface area contributed by atoms with E-state index in [1.165, 1.54) is 12.3 Å². The van der Waals surface area contributed by atoms with Crippen molar-refractivity contribution >= 4 is 29.1 Å². The summed E-state index contributed by atoms with van der Waals surface area (Å²) in [5.41, 5.74) is 0.182. The van der Waals surface area contributed by atoms with Crippen LogP contribution < -0.4 is 5.32 Å². The van der Waals surface area contributed by atoms with E-state index in [2.05, 4.69) is 17.2 Å². The number of aromatic nitrogens is 1. The van der Waals surface area contributed by atoms with Crippen molar-refractivity contribution in [3.05, 3.63) is 28.0 Å². The minimum Gasteiger partial charge on any atom is -0.347 e. The van der Waals surface area contributed by atoms with Crippen LogP contribution in [0.4, 0.5) is 0 Å². The first-order valence-corrected chi connectivity index (χ1v) is 6.25. The third-order valence-corrected chi connectivity index (χ3v) is 3.07. The minimum atomic E-state index is -0.238. The summed E-state index contributed by atoms with van der Waals surface area (Å²) in [5.74, 6) is -0.186. The van der Waals surface area contributed by atoms with Gasteiger partial charge in [-0.25, -0.2) is 4.98 Å². The zero-order valence-electron chi connectivity index (χ0n) is 10.2. The Morgan fingerprint density at radius 2 is 2.12 bits per heavy atom. The molecule has 0 aliphatic carbocycles. The smallest absolute Gasteiger partial charge is 0.253 e. The van der Waals surface area contributed by atoms with Crippen LogP contribution >= 0.6 is 23.2 Å². The predicted molar refractivity (Wildman–Crippen MR) is 70.7 cm³/mol. The maximum atomic E-state index is 11.9. The molecule has 0 fully saturated rings. The van der Waals surface area contributed by atoms with E-state index in [1.807, 2.05) is 13.8 Å². The van der Waals surface area contributed by atoms with Gasteiger partial charge in [-0.05, 0) is 26.3 Å². The standard InChI is InChI=1S/C12H16Cl2N2O/c1-4-5-12(2,3)16-11(17)8-6-9(13)10(14)15-7-8/h6-7H,4-5H2,1-3H3,(H,16,17). The second kappa shape index (κ2) is 5.69. The van der Waals surface area contributed by atoms with Gasteiger partial charge in [0.25, 0.3) is 5.91 Å². The lowest BCUT2D eigenvalue weighted by atomic mass is 9.98. The van der Waals surface area contributed by atoms with Gasteiger partial charge in [0.1, 0.15) is 5.15 Å². The number of amides is 1. The molecule has 0 spiro atoms. The fourth-order valence-electron chi connectivity index (χ4n) is 1.61. The molecule has 0 saturated carbocycles. The fourth-order valence-corrected chi connectivity index (χ4v) is 1.88. The SMILES string of the molecule is CCCC(C)(C)NC(=O)c1cnc(Cl)c(Cl)c1. The predicted octanol–water partition coefficient (Wildman–Crippen LogP) is 3.70. The van der Waals surface area contributed by atoms with E-state index in [0.717, 1.165) is 12.8 Å². The Balaban J connectivity index is 2.80. The molecule has 0 bridgehead atoms. The first kappa shape index (κ1) is 14.3. The summed E-state index contributed by atoms with van der Waals surface area (Å²) in [6, 6.07) is 1.52. The quantitative estimate of drug-likeness (QED) is 0.851. The van der Waals surface area contributed by atoms with Crippen molar-refractivity contribution in [1.29, 1.82) is 0 Å². The average Bonchev–Trinajstić information content (AvgIpc) is 2.21. The van der Waals surface area contributed by atoms with E-state index in [1.54, 1.807) is 0 Å². The third-order valence-electron chi connectivity index (χ3n) is 2.39. The van der Waals surface area contributed by atoms with Crippen molar-refractivity contribution in [2.24, 2.45) is 0 Å². The molecule has 0 aliphatic rings. The second-order valence-electron chi connectivity index (χ2n) is 4.58. The number of carbonyl (C=O) groups is 1. The molecule has 1 aromatic heterocycles. The molecule has 1 aromatic rings. The summed E-state index contributed by atoms with van der Waals surface area (Å²) in [6.07, 6.45) is 3.34. The molecule has 0 radical (unpaired) electrons. The van der Waals surface area contributed by atoms with Crippen LogP contribution in [-0.4, -0.2) is 16.4 Å². The molecule has 0 aromatic carbocycles. The number of hydrogen-bond acceptors (Lipinski definition) is 2. The van der Waals surface area contributed by atoms with Gasteiger partial charge in [-0.15, -0.1) is 0 Å². The van der Waals surface area contributed by atoms with Crippen LogP contribution in [0.15, 0.2) is 12.3 Å². The maximum absolute atomic E-state index is 11.9. The molecule has 94 valence electrons. The fraction of sp³-hybridized carbons (Fsp3) is 0.500. The highest BCUT2D eigenvalue weighted by Crippen LogP contribution is 2.20. The lowest BCUT2D eigenvalue weighted by Crippen LogP contribution is -2.43. The summed E-state index contributed by atoms with van der Waals surface area (Å²) < 4.78 is 0. The zero-order valence-corrected chi connectivity index (χ0v) is 11.7. The van der Waals surface area contributed by atoms with Gasteiger partial charge in [-0.2, -0.15) is 0 Å². The van der Waals surface area contributed by atoms with E-state index in [4.69, 9.17) is 23.2 Å². The Morgan fingerprint density at radius 3 is 2.65 bits per heavy atom. The monoisotopic (exact) mass is 274 g/mol. The highest BCUT2D eigenvalue weighted by atomic mass is 35.5. The van der Waals surface area contributed by atoms with E-state index >= 15 is 0 Å². The van der Waals surface area contributed by atoms with Gasteiger partial charge < -0.3 is 5.32 Å². The maximum Gasteiger partial charge on any atom is 0.253 e. The highest BCUT2D eigenvalue weighted by molar-refractivity contribution is 6.41. The van der Waals surface area contributed by atoms with Gasteiger partial charge in [0.2, 0.25) is 0 Å². The van der Waals surface area contributed by atoms with E-state index < -0.39 is 0 Å². The van der Waals surface area contributed by atoms with Crippen LogP contribution in [0.3, 0.4) is 0 Å². The second-order valence-corrected chi connectivity index (χ2v) is 5.35. The number of halogens is 2. The Morgan fingerprint density at radius 1 is 1.47 bits per heavy atom. The minimum absolute atomic E-state index is 0.186. The third kappa shape index (κ3) is 4.17. The summed E-state index contributed by atoms with van der Waals surface area (Å²) >= 11 is 11.5. The number of nitrogens with one attached hydrogen (secondary N) is 1. The van der Waals surface area contributed by atoms with E-state index in [-0.39, 0.29) is 21.6 Å². The number of hydrogen-bond donors (Lipinski definition) is 1. The molecule has 0 unspecified atom stereocenters. The topological polar surface area (TPSA) is 42.0 Å². The largest absolute Gasteiger partial charge is 0.347 e. The van der Waals surface area contributed by atoms with Crippen LogP contribution in [0, 0.1) is 0 Å². The van der Waals surface area contributed by atoms with Gasteiger partial charge in [-0.3, -0.25) is 4.79 Å². The van der Waals surface area contributed by atoms with Gasteiger partial charge in [0.15, 0.2) is 0 Å². The van der Waals surface area contributed by atoms with Crippen molar-refractivity contribution < 1.29 is 4.79 Å². The number of nitrogens with zero attached hydrogens (tertiary/aromatic N) is 1. The van der Waals surface area contributed by atoms with Crippen LogP contribution in [0.5, 0.6) is 0 Å². The van der Waals surface area contributed by atoms with Crippen molar-refractivity contribution in [2.75, 3.05) is 0 Å². The molecule has 5 heteroatoms. The van der Waals surface area contributed by atoms with Crippen LogP contribution in [0.25, 0.3) is 0 Å². The summed E-state index contributed by atoms with van der Waals surface area (Å²) in [6.45, 7) is 6.05. The van der Waals surface area contributed by atoms with Crippen molar-refractivity contribution in [2.45, 2.75) is 39.2 Å². The molecule has 17 heavy (non-hydrogen) atoms. The van der Waals surface area contributed by atoms with Gasteiger partial charge in [0, 0.05) is 11.7 Å². The molecule has 1 N–H and O–H groups in total. The number of rotatable bonds is 4. The van der Waals surface area contributed by atoms with Gasteiger partial charge in [0.05, 0.1) is 10.6 Å². The molecule has 0 saturated heterocycles. The first-order valence-electron chi connectivity index (χ1n) is 5.49. The number of pyridine rings is 1. The molecule has 0 aliphatic heterocycles. The lowest BCUT2D eigenvalue weighted by molar-refractivity contribution is 0.0908. The Kier molecular flexibility index (Phi) is 4.78. The summed E-state index contributed by atoms with van der Waals surface area (Å²) in [5, 5.41) is 3.43. The van der Waals surface area contributed by atoms with Gasteiger partial charge >= 0.3 is 0 Å². The van der Waals surface area contributed by atoms with E-state index in [0.29, 0.717) is 5.56 Å². The average molecular weight is 275 g/mol. The Labute approximate surface area is 112 Å². The normalized spacial score (nSPS) is 11.4. The summed E-state index contributed by atoms with van der Waals surface area (Å²) in [4.78, 5) is 15.8. The van der Waals surface area contributed by atoms with Crippen molar-refractivity contribution in [3.8, 4) is 0 Å². The van der Waals surface area contributed by atoms with Crippen LogP contribution in [0.1, 0.15) is 44.0 Å². The Bertz CT molecular complexity index is 419. The van der Waals surface area contributed by atoms with Crippen LogP contribution in [0.2, 0.25) is 10.2 Å². The van der Waals surface area contributed by atoms with E-state index in [9.17, 15) is 4.79 Å². The molecule has 1 rings (SSSR count). The number of carbonyl (C=O) groups excluding carboxylic acids is 1. The molecule has 1 amide bonds. The molecular formula is C12H16Cl2N2O. The highest BCUT2D eigenvalue weighted by Gasteiger charge is 2.20. The lowest BCUT2D eigenvalue weighted by Gasteiger charge is -2.25. The molecular weight excluding hydrogens is 259 g/mol. The summed E-state index contributed by atoms with van der Waals surface area (Å²) in [7, 11) is 0. The molecule has 0 atom stereocenters. The molecule has 3 nitrogen and oxygen atoms in total. The zero-order chi connectivity index (χ0) is 13.1. The molecule has 1 heterocycles. The first-order chi connectivity index (χ1) is 7.85. The van der Waals surface area contributed by atoms with Crippen molar-refractivity contribution in [3.63, 3.8) is 0 Å². The van der Waals surface area contributed by atoms with Gasteiger partial charge in [-0.1, -0.05) is 36.5 Å². The van der Waals surface area contributed by atoms with Crippen LogP contribution in [-0.2, 0) is 0 Å².